The largest absolute Gasteiger partial charge is 0.507 e. The number of benzene rings is 2. The van der Waals surface area contributed by atoms with Gasteiger partial charge < -0.3 is 9.84 Å². The van der Waals surface area contributed by atoms with E-state index < -0.39 is 0 Å². The second kappa shape index (κ2) is 6.56. The minimum absolute atomic E-state index is 0.179. The van der Waals surface area contributed by atoms with Gasteiger partial charge >= 0.3 is 0 Å². The minimum atomic E-state index is -0.179. The minimum Gasteiger partial charge on any atom is -0.507 e. The summed E-state index contributed by atoms with van der Waals surface area (Å²) in [5.41, 5.74) is 6.47. The van der Waals surface area contributed by atoms with Crippen LogP contribution in [-0.2, 0) is 4.74 Å². The Morgan fingerprint density at radius 2 is 1.62 bits per heavy atom. The van der Waals surface area contributed by atoms with E-state index in [1.165, 1.54) is 16.7 Å². The Balaban J connectivity index is 1.77. The van der Waals surface area contributed by atoms with E-state index in [0.29, 0.717) is 5.75 Å². The lowest BCUT2D eigenvalue weighted by Gasteiger charge is -2.20. The van der Waals surface area contributed by atoms with Gasteiger partial charge in [0, 0.05) is 12.0 Å². The number of allylic oxidation sites excluding steroid dienone is 3. The van der Waals surface area contributed by atoms with Crippen LogP contribution in [0.5, 0.6) is 5.75 Å². The van der Waals surface area contributed by atoms with Gasteiger partial charge in [-0.2, -0.15) is 0 Å². The number of aryl methyl sites for hydroxylation is 3. The van der Waals surface area contributed by atoms with Gasteiger partial charge in [-0.1, -0.05) is 48.0 Å². The molecule has 124 valence electrons. The van der Waals surface area contributed by atoms with Crippen molar-refractivity contribution in [2.45, 2.75) is 40.2 Å². The van der Waals surface area contributed by atoms with Crippen molar-refractivity contribution in [3.63, 3.8) is 0 Å². The maximum atomic E-state index is 10.4. The zero-order valence-electron chi connectivity index (χ0n) is 14.8. The Morgan fingerprint density at radius 1 is 0.958 bits per heavy atom. The third kappa shape index (κ3) is 3.23. The number of hydrogen-bond donors (Lipinski definition) is 1. The lowest BCUT2D eigenvalue weighted by molar-refractivity contribution is 0.127. The zero-order valence-corrected chi connectivity index (χ0v) is 14.8. The second-order valence-electron chi connectivity index (χ2n) is 6.56. The fourth-order valence-electron chi connectivity index (χ4n) is 3.15. The number of phenols is 1. The molecule has 1 atom stereocenters. The summed E-state index contributed by atoms with van der Waals surface area (Å²) >= 11 is 0. The van der Waals surface area contributed by atoms with Gasteiger partial charge in [0.05, 0.1) is 0 Å². The monoisotopic (exact) mass is 320 g/mol. The topological polar surface area (TPSA) is 29.5 Å². The Morgan fingerprint density at radius 3 is 2.33 bits per heavy atom. The molecular weight excluding hydrogens is 296 g/mol. The van der Waals surface area contributed by atoms with Crippen LogP contribution in [0.4, 0.5) is 0 Å². The average Bonchev–Trinajstić information content (AvgIpc) is 3.00. The zero-order chi connectivity index (χ0) is 17.3. The molecule has 2 aromatic rings. The van der Waals surface area contributed by atoms with Gasteiger partial charge in [0.15, 0.2) is 0 Å². The maximum absolute atomic E-state index is 10.4. The van der Waals surface area contributed by atoms with Gasteiger partial charge in [0.2, 0.25) is 0 Å². The maximum Gasteiger partial charge on any atom is 0.125 e. The van der Waals surface area contributed by atoms with Gasteiger partial charge in [-0.05, 0) is 56.0 Å². The summed E-state index contributed by atoms with van der Waals surface area (Å²) < 4.78 is 6.14. The Labute approximate surface area is 144 Å². The van der Waals surface area contributed by atoms with Gasteiger partial charge in [0.25, 0.3) is 0 Å². The third-order valence-corrected chi connectivity index (χ3v) is 4.60. The molecule has 1 aliphatic carbocycles. The smallest absolute Gasteiger partial charge is 0.125 e. The molecule has 0 aromatic heterocycles. The highest BCUT2D eigenvalue weighted by atomic mass is 16.5. The van der Waals surface area contributed by atoms with Gasteiger partial charge in [-0.3, -0.25) is 0 Å². The van der Waals surface area contributed by atoms with Crippen LogP contribution in [0.3, 0.4) is 0 Å². The van der Waals surface area contributed by atoms with Crippen LogP contribution in [-0.4, -0.2) is 5.11 Å². The van der Waals surface area contributed by atoms with E-state index in [1.807, 2.05) is 32.9 Å². The standard InChI is InChI=1S/C22H24O2/c1-14-5-9-18(10-6-14)19-11-12-20(13-19)24-17(4)21-15(2)7-8-16(3)22(21)23/h5-11,13,17,23H,12H2,1-4H3. The van der Waals surface area contributed by atoms with Crippen molar-refractivity contribution >= 4 is 5.57 Å². The van der Waals surface area contributed by atoms with Crippen LogP contribution in [0.1, 0.15) is 47.3 Å². The van der Waals surface area contributed by atoms with Crippen LogP contribution in [0, 0.1) is 20.8 Å². The second-order valence-corrected chi connectivity index (χ2v) is 6.56. The number of ether oxygens (including phenoxy) is 1. The van der Waals surface area contributed by atoms with Gasteiger partial charge in [-0.25, -0.2) is 0 Å². The first kappa shape index (κ1) is 16.4. The van der Waals surface area contributed by atoms with E-state index in [-0.39, 0.29) is 6.10 Å². The van der Waals surface area contributed by atoms with E-state index >= 15 is 0 Å². The first-order valence-electron chi connectivity index (χ1n) is 8.39. The normalized spacial score (nSPS) is 15.0. The molecule has 0 spiro atoms. The van der Waals surface area contributed by atoms with Crippen LogP contribution in [0.25, 0.3) is 5.57 Å². The van der Waals surface area contributed by atoms with Crippen molar-refractivity contribution in [2.75, 3.05) is 0 Å². The van der Waals surface area contributed by atoms with Crippen molar-refractivity contribution in [1.82, 2.24) is 0 Å². The number of rotatable bonds is 4. The Bertz CT molecular complexity index is 811. The SMILES string of the molecule is Cc1ccc(C2=CCC(OC(C)c3c(C)ccc(C)c3O)=C2)cc1. The van der Waals surface area contributed by atoms with Gasteiger partial charge in [0.1, 0.15) is 17.6 Å². The van der Waals surface area contributed by atoms with E-state index in [2.05, 4.69) is 43.3 Å². The summed E-state index contributed by atoms with van der Waals surface area (Å²) in [5, 5.41) is 10.4. The first-order valence-corrected chi connectivity index (χ1v) is 8.39. The molecule has 0 heterocycles. The fourth-order valence-corrected chi connectivity index (χ4v) is 3.15. The van der Waals surface area contributed by atoms with E-state index in [4.69, 9.17) is 4.74 Å². The molecule has 0 bridgehead atoms. The predicted molar refractivity (Wildman–Crippen MR) is 98.9 cm³/mol. The summed E-state index contributed by atoms with van der Waals surface area (Å²) in [5.74, 6) is 1.28. The lowest BCUT2D eigenvalue weighted by Crippen LogP contribution is -2.03. The number of hydrogen-bond acceptors (Lipinski definition) is 2. The molecule has 1 unspecified atom stereocenters. The molecule has 2 aromatic carbocycles. The van der Waals surface area contributed by atoms with Crippen LogP contribution < -0.4 is 0 Å². The molecular formula is C22H24O2. The highest BCUT2D eigenvalue weighted by Crippen LogP contribution is 2.36. The van der Waals surface area contributed by atoms with E-state index in [0.717, 1.165) is 28.9 Å². The molecule has 0 saturated carbocycles. The lowest BCUT2D eigenvalue weighted by atomic mass is 10.00. The predicted octanol–water partition coefficient (Wildman–Crippen LogP) is 5.77. The number of phenolic OH excluding ortho intramolecular Hbond substituents is 1. The highest BCUT2D eigenvalue weighted by Gasteiger charge is 2.19. The molecule has 2 heteroatoms. The van der Waals surface area contributed by atoms with Crippen LogP contribution >= 0.6 is 0 Å². The van der Waals surface area contributed by atoms with Crippen molar-refractivity contribution in [2.24, 2.45) is 0 Å². The van der Waals surface area contributed by atoms with Crippen molar-refractivity contribution in [3.05, 3.63) is 82.1 Å². The first-order chi connectivity index (χ1) is 11.5. The van der Waals surface area contributed by atoms with Crippen molar-refractivity contribution in [3.8, 4) is 5.75 Å². The summed E-state index contributed by atoms with van der Waals surface area (Å²) in [6.07, 6.45) is 4.90. The third-order valence-electron chi connectivity index (χ3n) is 4.60. The van der Waals surface area contributed by atoms with Crippen LogP contribution in [0.2, 0.25) is 0 Å². The summed E-state index contributed by atoms with van der Waals surface area (Å²) in [7, 11) is 0. The van der Waals surface area contributed by atoms with E-state index in [9.17, 15) is 5.11 Å². The van der Waals surface area contributed by atoms with Crippen LogP contribution in [0.15, 0.2) is 54.3 Å². The molecule has 24 heavy (non-hydrogen) atoms. The molecule has 0 amide bonds. The Hall–Kier alpha value is -2.48. The van der Waals surface area contributed by atoms with Crippen molar-refractivity contribution in [1.29, 1.82) is 0 Å². The highest BCUT2D eigenvalue weighted by molar-refractivity contribution is 5.77. The number of aromatic hydroxyl groups is 1. The molecule has 2 nitrogen and oxygen atoms in total. The molecule has 1 aliphatic rings. The Kier molecular flexibility index (Phi) is 4.48. The van der Waals surface area contributed by atoms with Crippen molar-refractivity contribution < 1.29 is 9.84 Å². The fraction of sp³-hybridized carbons (Fsp3) is 0.273. The summed E-state index contributed by atoms with van der Waals surface area (Å²) in [6, 6.07) is 12.5. The summed E-state index contributed by atoms with van der Waals surface area (Å²) in [4.78, 5) is 0. The average molecular weight is 320 g/mol. The quantitative estimate of drug-likeness (QED) is 0.775. The summed E-state index contributed by atoms with van der Waals surface area (Å²) in [6.45, 7) is 8.01. The molecule has 3 rings (SSSR count). The molecule has 1 N–H and O–H groups in total. The molecule has 0 radical (unpaired) electrons. The molecule has 0 saturated heterocycles. The molecule has 0 fully saturated rings. The van der Waals surface area contributed by atoms with E-state index in [1.54, 1.807) is 0 Å². The van der Waals surface area contributed by atoms with Gasteiger partial charge in [-0.15, -0.1) is 0 Å². The molecule has 0 aliphatic heterocycles.